The highest BCUT2D eigenvalue weighted by molar-refractivity contribution is 5.93. The molecule has 40 heavy (non-hydrogen) atoms. The van der Waals surface area contributed by atoms with E-state index in [4.69, 9.17) is 4.74 Å². The van der Waals surface area contributed by atoms with Crippen molar-refractivity contribution >= 4 is 28.5 Å². The Labute approximate surface area is 237 Å². The molecule has 0 aliphatic carbocycles. The Morgan fingerprint density at radius 2 is 1.68 bits per heavy atom. The minimum atomic E-state index is -0.287. The molecular formula is C33H40N4O3. The number of aromatic amines is 1. The van der Waals surface area contributed by atoms with Gasteiger partial charge in [0, 0.05) is 56.1 Å². The number of benzene rings is 3. The fraction of sp³-hybridized carbons (Fsp3) is 0.333. The lowest BCUT2D eigenvalue weighted by atomic mass is 10.1. The van der Waals surface area contributed by atoms with E-state index in [-0.39, 0.29) is 18.5 Å². The molecule has 0 aliphatic rings. The molecule has 3 amide bonds. The summed E-state index contributed by atoms with van der Waals surface area (Å²) < 4.78 is 5.22. The van der Waals surface area contributed by atoms with Crippen LogP contribution in [0.2, 0.25) is 0 Å². The second-order valence-corrected chi connectivity index (χ2v) is 10.4. The largest absolute Gasteiger partial charge is 0.385 e. The lowest BCUT2D eigenvalue weighted by Crippen LogP contribution is -2.45. The molecule has 0 atom stereocenters. The van der Waals surface area contributed by atoms with Gasteiger partial charge in [-0.1, -0.05) is 60.2 Å². The van der Waals surface area contributed by atoms with Gasteiger partial charge in [-0.15, -0.1) is 0 Å². The van der Waals surface area contributed by atoms with E-state index >= 15 is 0 Å². The highest BCUT2D eigenvalue weighted by Crippen LogP contribution is 2.20. The van der Waals surface area contributed by atoms with E-state index in [1.807, 2.05) is 55.3 Å². The highest BCUT2D eigenvalue weighted by Gasteiger charge is 2.22. The van der Waals surface area contributed by atoms with E-state index in [1.165, 1.54) is 16.5 Å². The van der Waals surface area contributed by atoms with Gasteiger partial charge in [0.2, 0.25) is 5.91 Å². The monoisotopic (exact) mass is 540 g/mol. The quantitative estimate of drug-likeness (QED) is 0.209. The average Bonchev–Trinajstić information content (AvgIpc) is 3.37. The number of fused-ring (bicyclic) bond motifs is 1. The Hall–Kier alpha value is -4.10. The lowest BCUT2D eigenvalue weighted by Gasteiger charge is -2.28. The van der Waals surface area contributed by atoms with Gasteiger partial charge in [0.1, 0.15) is 6.54 Å². The first-order chi connectivity index (χ1) is 19.4. The Morgan fingerprint density at radius 3 is 2.45 bits per heavy atom. The molecule has 7 nitrogen and oxygen atoms in total. The van der Waals surface area contributed by atoms with Crippen molar-refractivity contribution in [3.63, 3.8) is 0 Å². The smallest absolute Gasteiger partial charge is 0.322 e. The summed E-state index contributed by atoms with van der Waals surface area (Å²) in [6.45, 7) is 7.98. The van der Waals surface area contributed by atoms with E-state index in [0.29, 0.717) is 39.1 Å². The third-order valence-corrected chi connectivity index (χ3v) is 7.41. The second-order valence-electron chi connectivity index (χ2n) is 10.4. The number of nitrogens with zero attached hydrogens (tertiary/aromatic N) is 2. The average molecular weight is 541 g/mol. The number of hydrogen-bond donors (Lipinski definition) is 2. The van der Waals surface area contributed by atoms with Crippen LogP contribution in [-0.4, -0.2) is 60.1 Å². The van der Waals surface area contributed by atoms with Crippen LogP contribution in [0.25, 0.3) is 10.9 Å². The van der Waals surface area contributed by atoms with Crippen LogP contribution in [0.5, 0.6) is 0 Å². The third kappa shape index (κ3) is 7.51. The summed E-state index contributed by atoms with van der Waals surface area (Å²) in [4.78, 5) is 34.0. The zero-order chi connectivity index (χ0) is 28.5. The van der Waals surface area contributed by atoms with Crippen molar-refractivity contribution in [3.05, 3.63) is 101 Å². The molecule has 0 fully saturated rings. The number of hydrogen-bond acceptors (Lipinski definition) is 3. The molecule has 1 heterocycles. The van der Waals surface area contributed by atoms with Crippen molar-refractivity contribution in [1.29, 1.82) is 0 Å². The van der Waals surface area contributed by atoms with Crippen molar-refractivity contribution < 1.29 is 14.3 Å². The first kappa shape index (κ1) is 28.9. The molecule has 0 unspecified atom stereocenters. The number of amides is 3. The molecule has 1 aromatic heterocycles. The molecule has 4 rings (SSSR count). The normalized spacial score (nSPS) is 11.0. The predicted octanol–water partition coefficient (Wildman–Crippen LogP) is 6.24. The molecule has 3 aromatic carbocycles. The lowest BCUT2D eigenvalue weighted by molar-refractivity contribution is -0.132. The van der Waals surface area contributed by atoms with Crippen molar-refractivity contribution in [2.45, 2.75) is 40.2 Å². The van der Waals surface area contributed by atoms with Crippen LogP contribution < -0.4 is 5.32 Å². The fourth-order valence-electron chi connectivity index (χ4n) is 4.80. The zero-order valence-electron chi connectivity index (χ0n) is 24.0. The minimum absolute atomic E-state index is 0.0137. The van der Waals surface area contributed by atoms with Crippen molar-refractivity contribution in [2.75, 3.05) is 38.7 Å². The minimum Gasteiger partial charge on any atom is -0.385 e. The van der Waals surface area contributed by atoms with Gasteiger partial charge in [0.05, 0.1) is 0 Å². The molecule has 2 N–H and O–H groups in total. The number of ether oxygens (including phenoxy) is 1. The maximum absolute atomic E-state index is 13.8. The van der Waals surface area contributed by atoms with Crippen molar-refractivity contribution in [3.8, 4) is 0 Å². The summed E-state index contributed by atoms with van der Waals surface area (Å²) >= 11 is 0. The van der Waals surface area contributed by atoms with Crippen molar-refractivity contribution in [1.82, 2.24) is 14.8 Å². The molecule has 4 aromatic rings. The number of anilines is 1. The van der Waals surface area contributed by atoms with Gasteiger partial charge in [-0.05, 0) is 68.0 Å². The number of para-hydroxylation sites is 1. The zero-order valence-corrected chi connectivity index (χ0v) is 24.0. The standard InChI is InChI=1S/C33H40N4O3/c1-24-13-15-27(16-14-24)22-36(19-17-28-21-34-31-11-6-5-10-29(28)31)32(38)23-37(18-8-20-40-4)33(39)35-30-12-7-9-25(2)26(30)3/h5-7,9-16,21,34H,8,17-20,22-23H2,1-4H3,(H,35,39). The van der Waals surface area contributed by atoms with E-state index in [0.717, 1.165) is 27.9 Å². The predicted molar refractivity (Wildman–Crippen MR) is 162 cm³/mol. The summed E-state index contributed by atoms with van der Waals surface area (Å²) in [6.07, 6.45) is 3.37. The Morgan fingerprint density at radius 1 is 0.900 bits per heavy atom. The van der Waals surface area contributed by atoms with Crippen LogP contribution in [0, 0.1) is 20.8 Å². The summed E-state index contributed by atoms with van der Waals surface area (Å²) in [6, 6.07) is 22.0. The Bertz CT molecular complexity index is 1430. The van der Waals surface area contributed by atoms with E-state index < -0.39 is 0 Å². The van der Waals surface area contributed by atoms with Crippen LogP contribution in [0.3, 0.4) is 0 Å². The maximum Gasteiger partial charge on any atom is 0.322 e. The first-order valence-corrected chi connectivity index (χ1v) is 13.8. The number of carbonyl (C=O) groups excluding carboxylic acids is 2. The molecule has 0 saturated carbocycles. The highest BCUT2D eigenvalue weighted by atomic mass is 16.5. The molecular weight excluding hydrogens is 500 g/mol. The van der Waals surface area contributed by atoms with E-state index in [1.54, 1.807) is 12.0 Å². The number of nitrogens with one attached hydrogen (secondary N) is 2. The molecule has 0 aliphatic heterocycles. The summed E-state index contributed by atoms with van der Waals surface area (Å²) in [5.74, 6) is -0.0889. The Balaban J connectivity index is 1.52. The molecule has 0 saturated heterocycles. The Kier molecular flexibility index (Phi) is 9.97. The van der Waals surface area contributed by atoms with Gasteiger partial charge in [-0.25, -0.2) is 4.79 Å². The number of methoxy groups -OCH3 is 1. The molecule has 0 radical (unpaired) electrons. The molecule has 210 valence electrons. The van der Waals surface area contributed by atoms with Gasteiger partial charge in [0.15, 0.2) is 0 Å². The fourth-order valence-corrected chi connectivity index (χ4v) is 4.80. The van der Waals surface area contributed by atoms with Gasteiger partial charge in [0.25, 0.3) is 0 Å². The summed E-state index contributed by atoms with van der Waals surface area (Å²) in [5.41, 5.74) is 7.35. The summed E-state index contributed by atoms with van der Waals surface area (Å²) in [5, 5.41) is 4.19. The van der Waals surface area contributed by atoms with Crippen LogP contribution >= 0.6 is 0 Å². The number of aromatic nitrogens is 1. The number of urea groups is 1. The van der Waals surface area contributed by atoms with Crippen LogP contribution in [0.1, 0.15) is 34.2 Å². The maximum atomic E-state index is 13.8. The van der Waals surface area contributed by atoms with Gasteiger partial charge < -0.3 is 24.8 Å². The number of rotatable bonds is 12. The summed E-state index contributed by atoms with van der Waals surface area (Å²) in [7, 11) is 1.64. The van der Waals surface area contributed by atoms with Crippen LogP contribution in [0.4, 0.5) is 10.5 Å². The van der Waals surface area contributed by atoms with Crippen molar-refractivity contribution in [2.24, 2.45) is 0 Å². The number of carbonyl (C=O) groups is 2. The van der Waals surface area contributed by atoms with E-state index in [9.17, 15) is 9.59 Å². The molecule has 0 bridgehead atoms. The van der Waals surface area contributed by atoms with Gasteiger partial charge >= 0.3 is 6.03 Å². The molecule has 7 heteroatoms. The SMILES string of the molecule is COCCCN(CC(=O)N(CCc1c[nH]c2ccccc12)Cc1ccc(C)cc1)C(=O)Nc1cccc(C)c1C. The van der Waals surface area contributed by atoms with Crippen LogP contribution in [-0.2, 0) is 22.5 Å². The van der Waals surface area contributed by atoms with E-state index in [2.05, 4.69) is 53.6 Å². The van der Waals surface area contributed by atoms with Gasteiger partial charge in [-0.3, -0.25) is 4.79 Å². The first-order valence-electron chi connectivity index (χ1n) is 13.8. The molecule has 0 spiro atoms. The van der Waals surface area contributed by atoms with Gasteiger partial charge in [-0.2, -0.15) is 0 Å². The second kappa shape index (κ2) is 13.8. The number of H-pyrrole nitrogens is 1. The number of aryl methyl sites for hydroxylation is 2. The third-order valence-electron chi connectivity index (χ3n) is 7.41. The van der Waals surface area contributed by atoms with Crippen LogP contribution in [0.15, 0.2) is 72.9 Å². The topological polar surface area (TPSA) is 77.7 Å².